The van der Waals surface area contributed by atoms with E-state index in [1.807, 2.05) is 0 Å². The van der Waals surface area contributed by atoms with E-state index in [9.17, 15) is 17.2 Å². The molecule has 2 aromatic rings. The molecule has 2 rings (SSSR count). The molecule has 0 amide bonds. The fourth-order valence-corrected chi connectivity index (χ4v) is 2.84. The molecule has 0 spiro atoms. The molecule has 2 aromatic carbocycles. The molecule has 0 saturated carbocycles. The number of rotatable bonds is 3. The monoisotopic (exact) mass is 303 g/mol. The first-order valence-electron chi connectivity index (χ1n) is 5.12. The van der Waals surface area contributed by atoms with E-state index in [-0.39, 0.29) is 10.7 Å². The second kappa shape index (κ2) is 5.14. The highest BCUT2D eigenvalue weighted by Crippen LogP contribution is 2.25. The predicted octanol–water partition coefficient (Wildman–Crippen LogP) is 3.42. The van der Waals surface area contributed by atoms with E-state index in [2.05, 4.69) is 4.72 Å². The number of sulfonamides is 1. The summed E-state index contributed by atoms with van der Waals surface area (Å²) in [5.41, 5.74) is 0.0906. The molecule has 0 aliphatic carbocycles. The molecule has 1 N–H and O–H groups in total. The first-order chi connectivity index (χ1) is 8.90. The first-order valence-corrected chi connectivity index (χ1v) is 6.99. The molecule has 0 aliphatic heterocycles. The van der Waals surface area contributed by atoms with Crippen LogP contribution >= 0.6 is 11.6 Å². The van der Waals surface area contributed by atoms with Crippen LogP contribution in [0.2, 0.25) is 5.02 Å². The Labute approximate surface area is 113 Å². The minimum absolute atomic E-state index is 0.0906. The van der Waals surface area contributed by atoms with Crippen LogP contribution in [0, 0.1) is 11.6 Å². The number of halogens is 3. The van der Waals surface area contributed by atoms with Crippen molar-refractivity contribution in [2.45, 2.75) is 4.90 Å². The van der Waals surface area contributed by atoms with Crippen molar-refractivity contribution in [2.24, 2.45) is 0 Å². The number of nitrogens with one attached hydrogen (secondary N) is 1. The van der Waals surface area contributed by atoms with Gasteiger partial charge in [-0.25, -0.2) is 17.2 Å². The standard InChI is InChI=1S/C12H8ClF2NO2S/c13-9-3-1-2-4-11(9)16-19(17,18)12-7-8(14)5-6-10(12)15/h1-7,16H. The second-order valence-electron chi connectivity index (χ2n) is 3.66. The van der Waals surface area contributed by atoms with E-state index in [4.69, 9.17) is 11.6 Å². The van der Waals surface area contributed by atoms with Crippen LogP contribution in [-0.4, -0.2) is 8.42 Å². The fraction of sp³-hybridized carbons (Fsp3) is 0. The van der Waals surface area contributed by atoms with Gasteiger partial charge in [0.05, 0.1) is 10.7 Å². The number of para-hydroxylation sites is 1. The molecule has 0 aromatic heterocycles. The zero-order valence-electron chi connectivity index (χ0n) is 9.40. The van der Waals surface area contributed by atoms with Crippen LogP contribution in [0.5, 0.6) is 0 Å². The molecule has 0 aliphatic rings. The molecule has 3 nitrogen and oxygen atoms in total. The molecule has 0 heterocycles. The average molecular weight is 304 g/mol. The van der Waals surface area contributed by atoms with Crippen molar-refractivity contribution >= 4 is 27.3 Å². The van der Waals surface area contributed by atoms with E-state index in [0.29, 0.717) is 6.07 Å². The van der Waals surface area contributed by atoms with Crippen molar-refractivity contribution < 1.29 is 17.2 Å². The third-order valence-corrected chi connectivity index (χ3v) is 4.01. The number of benzene rings is 2. The van der Waals surface area contributed by atoms with Gasteiger partial charge in [0.15, 0.2) is 0 Å². The average Bonchev–Trinajstić information content (AvgIpc) is 2.35. The Balaban J connectivity index is 2.44. The molecule has 0 radical (unpaired) electrons. The van der Waals surface area contributed by atoms with Crippen LogP contribution in [0.25, 0.3) is 0 Å². The summed E-state index contributed by atoms with van der Waals surface area (Å²) < 4.78 is 52.5. The highest BCUT2D eigenvalue weighted by Gasteiger charge is 2.20. The van der Waals surface area contributed by atoms with Crippen LogP contribution in [0.15, 0.2) is 47.4 Å². The smallest absolute Gasteiger partial charge is 0.264 e. The van der Waals surface area contributed by atoms with Gasteiger partial charge in [-0.15, -0.1) is 0 Å². The van der Waals surface area contributed by atoms with Gasteiger partial charge in [0.25, 0.3) is 10.0 Å². The van der Waals surface area contributed by atoms with Crippen LogP contribution in [0.4, 0.5) is 14.5 Å². The molecule has 100 valence electrons. The van der Waals surface area contributed by atoms with Crippen molar-refractivity contribution in [1.82, 2.24) is 0 Å². The summed E-state index contributed by atoms with van der Waals surface area (Å²) in [5.74, 6) is -1.89. The molecule has 0 fully saturated rings. The predicted molar refractivity (Wildman–Crippen MR) is 68.6 cm³/mol. The van der Waals surface area contributed by atoms with Crippen molar-refractivity contribution in [3.63, 3.8) is 0 Å². The summed E-state index contributed by atoms with van der Waals surface area (Å²) in [7, 11) is -4.24. The Hall–Kier alpha value is -1.66. The molecule has 0 saturated heterocycles. The Kier molecular flexibility index (Phi) is 3.73. The summed E-state index contributed by atoms with van der Waals surface area (Å²) in [6, 6.07) is 8.25. The summed E-state index contributed by atoms with van der Waals surface area (Å²) in [6.07, 6.45) is 0. The zero-order chi connectivity index (χ0) is 14.0. The SMILES string of the molecule is O=S(=O)(Nc1ccccc1Cl)c1cc(F)ccc1F. The molecule has 7 heteroatoms. The summed E-state index contributed by atoms with van der Waals surface area (Å²) in [4.78, 5) is -0.771. The highest BCUT2D eigenvalue weighted by molar-refractivity contribution is 7.92. The van der Waals surface area contributed by atoms with Crippen LogP contribution in [-0.2, 0) is 10.0 Å². The number of anilines is 1. The Morgan fingerprint density at radius 1 is 1.05 bits per heavy atom. The lowest BCUT2D eigenvalue weighted by molar-refractivity contribution is 0.555. The van der Waals surface area contributed by atoms with Gasteiger partial charge >= 0.3 is 0 Å². The second-order valence-corrected chi connectivity index (χ2v) is 5.72. The van der Waals surface area contributed by atoms with E-state index in [1.165, 1.54) is 12.1 Å². The van der Waals surface area contributed by atoms with Gasteiger partial charge in [-0.3, -0.25) is 4.72 Å². The summed E-state index contributed by atoms with van der Waals surface area (Å²) >= 11 is 5.79. The first kappa shape index (κ1) is 13.8. The van der Waals surface area contributed by atoms with E-state index in [0.717, 1.165) is 12.1 Å². The molecule has 0 atom stereocenters. The minimum atomic E-state index is -4.24. The maximum absolute atomic E-state index is 13.4. The summed E-state index contributed by atoms with van der Waals surface area (Å²) in [5, 5.41) is 0.155. The lowest BCUT2D eigenvalue weighted by Crippen LogP contribution is -2.15. The molecule has 0 unspecified atom stereocenters. The van der Waals surface area contributed by atoms with Gasteiger partial charge in [-0.05, 0) is 30.3 Å². The Bertz CT molecular complexity index is 719. The van der Waals surface area contributed by atoms with Gasteiger partial charge in [0.1, 0.15) is 16.5 Å². The normalized spacial score (nSPS) is 11.3. The van der Waals surface area contributed by atoms with Gasteiger partial charge in [0.2, 0.25) is 0 Å². The molecule has 19 heavy (non-hydrogen) atoms. The van der Waals surface area contributed by atoms with Crippen LogP contribution < -0.4 is 4.72 Å². The third-order valence-electron chi connectivity index (χ3n) is 2.30. The summed E-state index contributed by atoms with van der Waals surface area (Å²) in [6.45, 7) is 0. The fourth-order valence-electron chi connectivity index (χ4n) is 1.43. The lowest BCUT2D eigenvalue weighted by Gasteiger charge is -2.10. The molecular weight excluding hydrogens is 296 g/mol. The Morgan fingerprint density at radius 2 is 1.74 bits per heavy atom. The maximum Gasteiger partial charge on any atom is 0.264 e. The number of hydrogen-bond acceptors (Lipinski definition) is 2. The van der Waals surface area contributed by atoms with Crippen molar-refractivity contribution in [2.75, 3.05) is 4.72 Å². The van der Waals surface area contributed by atoms with Crippen LogP contribution in [0.1, 0.15) is 0 Å². The topological polar surface area (TPSA) is 46.2 Å². The van der Waals surface area contributed by atoms with Gasteiger partial charge in [-0.2, -0.15) is 0 Å². The minimum Gasteiger partial charge on any atom is -0.278 e. The largest absolute Gasteiger partial charge is 0.278 e. The van der Waals surface area contributed by atoms with Crippen molar-refractivity contribution in [3.8, 4) is 0 Å². The van der Waals surface area contributed by atoms with Gasteiger partial charge in [0, 0.05) is 0 Å². The lowest BCUT2D eigenvalue weighted by atomic mass is 10.3. The quantitative estimate of drug-likeness (QED) is 0.944. The van der Waals surface area contributed by atoms with Gasteiger partial charge < -0.3 is 0 Å². The van der Waals surface area contributed by atoms with Gasteiger partial charge in [-0.1, -0.05) is 23.7 Å². The third kappa shape index (κ3) is 3.02. The molecular formula is C12H8ClF2NO2S. The molecule has 0 bridgehead atoms. The maximum atomic E-state index is 13.4. The number of hydrogen-bond donors (Lipinski definition) is 1. The van der Waals surface area contributed by atoms with Crippen molar-refractivity contribution in [3.05, 3.63) is 59.1 Å². The van der Waals surface area contributed by atoms with Crippen LogP contribution in [0.3, 0.4) is 0 Å². The highest BCUT2D eigenvalue weighted by atomic mass is 35.5. The zero-order valence-corrected chi connectivity index (χ0v) is 11.0. The Morgan fingerprint density at radius 3 is 2.42 bits per heavy atom. The van der Waals surface area contributed by atoms with E-state index < -0.39 is 26.6 Å². The van der Waals surface area contributed by atoms with Crippen molar-refractivity contribution in [1.29, 1.82) is 0 Å². The van der Waals surface area contributed by atoms with E-state index >= 15 is 0 Å². The van der Waals surface area contributed by atoms with E-state index in [1.54, 1.807) is 12.1 Å².